The first-order valence-corrected chi connectivity index (χ1v) is 10.1. The Morgan fingerprint density at radius 2 is 2.00 bits per heavy atom. The van der Waals surface area contributed by atoms with E-state index in [0.29, 0.717) is 12.5 Å². The molecule has 0 radical (unpaired) electrons. The quantitative estimate of drug-likeness (QED) is 0.619. The number of nitrogens with zero attached hydrogens (tertiary/aromatic N) is 2. The summed E-state index contributed by atoms with van der Waals surface area (Å²) in [6.45, 7) is 4.26. The van der Waals surface area contributed by atoms with Gasteiger partial charge in [0.1, 0.15) is 11.9 Å². The van der Waals surface area contributed by atoms with Crippen LogP contribution in [0.15, 0.2) is 59.6 Å². The minimum atomic E-state index is 0.168. The van der Waals surface area contributed by atoms with E-state index in [1.165, 1.54) is 11.1 Å². The molecule has 0 spiro atoms. The number of nitrogens with one attached hydrogen (secondary N) is 1. The molecule has 1 N–H and O–H groups in total. The number of likely N-dealkylation sites (tertiary alicyclic amines) is 1. The minimum absolute atomic E-state index is 0.168. The Labute approximate surface area is 167 Å². The van der Waals surface area contributed by atoms with Crippen molar-refractivity contribution in [2.24, 2.45) is 10.9 Å². The summed E-state index contributed by atoms with van der Waals surface area (Å²) in [4.78, 5) is 6.81. The predicted octanol–water partition coefficient (Wildman–Crippen LogP) is 3.10. The van der Waals surface area contributed by atoms with Gasteiger partial charge in [-0.05, 0) is 23.6 Å². The third kappa shape index (κ3) is 4.65. The van der Waals surface area contributed by atoms with E-state index < -0.39 is 0 Å². The molecule has 0 saturated carbocycles. The highest BCUT2D eigenvalue weighted by molar-refractivity contribution is 5.80. The lowest BCUT2D eigenvalue weighted by atomic mass is 10.1. The van der Waals surface area contributed by atoms with Gasteiger partial charge < -0.3 is 19.7 Å². The molecule has 2 atom stereocenters. The van der Waals surface area contributed by atoms with Gasteiger partial charge in [-0.2, -0.15) is 0 Å². The molecule has 0 aliphatic carbocycles. The van der Waals surface area contributed by atoms with Gasteiger partial charge in [-0.1, -0.05) is 48.5 Å². The smallest absolute Gasteiger partial charge is 0.193 e. The van der Waals surface area contributed by atoms with Gasteiger partial charge >= 0.3 is 0 Å². The van der Waals surface area contributed by atoms with Gasteiger partial charge in [-0.25, -0.2) is 0 Å². The zero-order valence-corrected chi connectivity index (χ0v) is 16.5. The second-order valence-electron chi connectivity index (χ2n) is 7.58. The van der Waals surface area contributed by atoms with E-state index in [0.717, 1.165) is 50.8 Å². The van der Waals surface area contributed by atoms with E-state index in [9.17, 15) is 0 Å². The van der Waals surface area contributed by atoms with Gasteiger partial charge in [0.15, 0.2) is 5.96 Å². The molecular weight excluding hydrogens is 350 g/mol. The molecule has 1 saturated heterocycles. The van der Waals surface area contributed by atoms with Crippen LogP contribution < -0.4 is 10.1 Å². The second-order valence-corrected chi connectivity index (χ2v) is 7.58. The molecule has 2 aromatic rings. The summed E-state index contributed by atoms with van der Waals surface area (Å²) < 4.78 is 12.0. The van der Waals surface area contributed by atoms with Crippen LogP contribution in [0.25, 0.3) is 0 Å². The lowest BCUT2D eigenvalue weighted by Gasteiger charge is -2.23. The van der Waals surface area contributed by atoms with E-state index in [4.69, 9.17) is 9.47 Å². The summed E-state index contributed by atoms with van der Waals surface area (Å²) in [5.74, 6) is 2.53. The van der Waals surface area contributed by atoms with Crippen molar-refractivity contribution in [2.75, 3.05) is 33.3 Å². The van der Waals surface area contributed by atoms with Crippen molar-refractivity contribution >= 4 is 5.96 Å². The summed E-state index contributed by atoms with van der Waals surface area (Å²) in [6, 6.07) is 18.6. The van der Waals surface area contributed by atoms with Gasteiger partial charge in [-0.15, -0.1) is 0 Å². The molecule has 2 heterocycles. The van der Waals surface area contributed by atoms with Crippen LogP contribution in [0.5, 0.6) is 5.75 Å². The van der Waals surface area contributed by atoms with E-state index in [1.54, 1.807) is 0 Å². The number of hydrogen-bond acceptors (Lipinski definition) is 3. The Kier molecular flexibility index (Phi) is 6.12. The third-order valence-corrected chi connectivity index (χ3v) is 5.46. The third-order valence-electron chi connectivity index (χ3n) is 5.46. The Balaban J connectivity index is 1.19. The van der Waals surface area contributed by atoms with Gasteiger partial charge in [-0.3, -0.25) is 4.99 Å². The SMILES string of the molecule is CN=C(NCC1Cc2ccccc2O1)N1CCC(COCc2ccccc2)C1. The molecule has 0 bridgehead atoms. The number of ether oxygens (including phenoxy) is 2. The summed E-state index contributed by atoms with van der Waals surface area (Å²) in [5, 5.41) is 3.50. The Hall–Kier alpha value is -2.53. The van der Waals surface area contributed by atoms with Crippen molar-refractivity contribution in [3.8, 4) is 5.75 Å². The van der Waals surface area contributed by atoms with Gasteiger partial charge in [0.25, 0.3) is 0 Å². The molecule has 28 heavy (non-hydrogen) atoms. The van der Waals surface area contributed by atoms with Crippen molar-refractivity contribution in [1.82, 2.24) is 10.2 Å². The average molecular weight is 380 g/mol. The van der Waals surface area contributed by atoms with Crippen LogP contribution in [0.2, 0.25) is 0 Å². The molecule has 0 aromatic heterocycles. The number of guanidine groups is 1. The minimum Gasteiger partial charge on any atom is -0.488 e. The molecule has 0 amide bonds. The van der Waals surface area contributed by atoms with Crippen LogP contribution in [0.4, 0.5) is 0 Å². The van der Waals surface area contributed by atoms with E-state index in [2.05, 4.69) is 51.6 Å². The molecule has 2 aliphatic heterocycles. The number of hydrogen-bond donors (Lipinski definition) is 1. The molecule has 5 nitrogen and oxygen atoms in total. The Morgan fingerprint density at radius 1 is 1.18 bits per heavy atom. The van der Waals surface area contributed by atoms with Crippen LogP contribution in [0.1, 0.15) is 17.5 Å². The molecule has 5 heteroatoms. The summed E-state index contributed by atoms with van der Waals surface area (Å²) >= 11 is 0. The fourth-order valence-corrected chi connectivity index (χ4v) is 3.98. The molecule has 1 fully saturated rings. The fourth-order valence-electron chi connectivity index (χ4n) is 3.98. The van der Waals surface area contributed by atoms with Crippen molar-refractivity contribution in [1.29, 1.82) is 0 Å². The lowest BCUT2D eigenvalue weighted by molar-refractivity contribution is 0.0906. The van der Waals surface area contributed by atoms with Crippen molar-refractivity contribution in [2.45, 2.75) is 25.6 Å². The summed E-state index contributed by atoms with van der Waals surface area (Å²) in [7, 11) is 1.85. The van der Waals surface area contributed by atoms with Crippen LogP contribution in [-0.2, 0) is 17.8 Å². The largest absolute Gasteiger partial charge is 0.488 e. The molecule has 2 aromatic carbocycles. The Bertz CT molecular complexity index is 768. The highest BCUT2D eigenvalue weighted by atomic mass is 16.5. The van der Waals surface area contributed by atoms with Gasteiger partial charge in [0.2, 0.25) is 0 Å². The average Bonchev–Trinajstić information content (AvgIpc) is 3.36. The topological polar surface area (TPSA) is 46.1 Å². The van der Waals surface area contributed by atoms with Gasteiger partial charge in [0, 0.05) is 32.5 Å². The Morgan fingerprint density at radius 3 is 2.82 bits per heavy atom. The van der Waals surface area contributed by atoms with E-state index in [-0.39, 0.29) is 6.10 Å². The van der Waals surface area contributed by atoms with Crippen molar-refractivity contribution in [3.63, 3.8) is 0 Å². The number of aliphatic imine (C=N–C) groups is 1. The molecule has 148 valence electrons. The van der Waals surface area contributed by atoms with Gasteiger partial charge in [0.05, 0.1) is 19.8 Å². The molecule has 2 aliphatic rings. The van der Waals surface area contributed by atoms with E-state index >= 15 is 0 Å². The summed E-state index contributed by atoms with van der Waals surface area (Å²) in [6.07, 6.45) is 2.26. The highest BCUT2D eigenvalue weighted by Crippen LogP contribution is 2.27. The lowest BCUT2D eigenvalue weighted by Crippen LogP contribution is -2.44. The van der Waals surface area contributed by atoms with Crippen LogP contribution in [0, 0.1) is 5.92 Å². The maximum Gasteiger partial charge on any atom is 0.193 e. The first-order valence-electron chi connectivity index (χ1n) is 10.1. The zero-order chi connectivity index (χ0) is 19.2. The predicted molar refractivity (Wildman–Crippen MR) is 112 cm³/mol. The normalized spacial score (nSPS) is 21.5. The maximum absolute atomic E-state index is 6.02. The second kappa shape index (κ2) is 9.11. The monoisotopic (exact) mass is 379 g/mol. The standard InChI is InChI=1S/C23H29N3O2/c1-24-23(25-14-21-13-20-9-5-6-10-22(20)28-21)26-12-11-19(15-26)17-27-16-18-7-3-2-4-8-18/h2-10,19,21H,11-17H2,1H3,(H,24,25). The van der Waals surface area contributed by atoms with Crippen LogP contribution in [0.3, 0.4) is 0 Å². The number of para-hydroxylation sites is 1. The van der Waals surface area contributed by atoms with Crippen LogP contribution in [-0.4, -0.2) is 50.3 Å². The number of fused-ring (bicyclic) bond motifs is 1. The molecular formula is C23H29N3O2. The number of rotatable bonds is 6. The maximum atomic E-state index is 6.02. The number of benzene rings is 2. The first kappa shape index (κ1) is 18.8. The zero-order valence-electron chi connectivity index (χ0n) is 16.5. The van der Waals surface area contributed by atoms with E-state index in [1.807, 2.05) is 25.2 Å². The molecule has 4 rings (SSSR count). The fraction of sp³-hybridized carbons (Fsp3) is 0.435. The first-order chi connectivity index (χ1) is 13.8. The summed E-state index contributed by atoms with van der Waals surface area (Å²) in [5.41, 5.74) is 2.52. The highest BCUT2D eigenvalue weighted by Gasteiger charge is 2.27. The van der Waals surface area contributed by atoms with Crippen LogP contribution >= 0.6 is 0 Å². The molecule has 2 unspecified atom stereocenters. The van der Waals surface area contributed by atoms with Crippen molar-refractivity contribution < 1.29 is 9.47 Å². The van der Waals surface area contributed by atoms with Crippen molar-refractivity contribution in [3.05, 3.63) is 65.7 Å².